The first-order valence-corrected chi connectivity index (χ1v) is 9.51. The molecule has 0 radical (unpaired) electrons. The van der Waals surface area contributed by atoms with Gasteiger partial charge in [0.05, 0.1) is 27.7 Å². The molecule has 0 unspecified atom stereocenters. The Hall–Kier alpha value is -2.98. The van der Waals surface area contributed by atoms with E-state index in [0.717, 1.165) is 21.6 Å². The summed E-state index contributed by atoms with van der Waals surface area (Å²) in [5.74, 6) is -0.390. The molecule has 0 spiro atoms. The lowest BCUT2D eigenvalue weighted by molar-refractivity contribution is 0.0951. The highest BCUT2D eigenvalue weighted by Gasteiger charge is 2.23. The summed E-state index contributed by atoms with van der Waals surface area (Å²) >= 11 is 7.38. The minimum Gasteiger partial charge on any atom is -0.393 e. The lowest BCUT2D eigenvalue weighted by Gasteiger charge is -2.08. The number of nitrogens with zero attached hydrogens (tertiary/aromatic N) is 3. The summed E-state index contributed by atoms with van der Waals surface area (Å²) in [5, 5.41) is 29.0. The molecule has 0 aliphatic heterocycles. The summed E-state index contributed by atoms with van der Waals surface area (Å²) in [5.41, 5.74) is 2.43. The van der Waals surface area contributed by atoms with Crippen molar-refractivity contribution in [1.82, 2.24) is 30.4 Å². The van der Waals surface area contributed by atoms with E-state index >= 15 is 0 Å². The molecular weight excluding hydrogens is 400 g/mol. The fourth-order valence-corrected chi connectivity index (χ4v) is 4.03. The van der Waals surface area contributed by atoms with E-state index in [1.807, 2.05) is 6.07 Å². The van der Waals surface area contributed by atoms with Gasteiger partial charge in [-0.3, -0.25) is 9.89 Å². The Kier molecular flexibility index (Phi) is 5.90. The highest BCUT2D eigenvalue weighted by atomic mass is 35.5. The van der Waals surface area contributed by atoms with Gasteiger partial charge in [0.2, 0.25) is 0 Å². The average molecular weight is 419 g/mol. The van der Waals surface area contributed by atoms with Gasteiger partial charge in [-0.15, -0.1) is 11.3 Å². The first kappa shape index (κ1) is 19.8. The summed E-state index contributed by atoms with van der Waals surface area (Å²) in [4.78, 5) is 17.3. The van der Waals surface area contributed by atoms with Gasteiger partial charge in [-0.05, 0) is 6.07 Å². The molecule has 9 nitrogen and oxygen atoms in total. The molecule has 0 aliphatic rings. The number of hydrogen-bond donors (Lipinski definition) is 5. The number of rotatable bonds is 8. The van der Waals surface area contributed by atoms with Gasteiger partial charge in [0.15, 0.2) is 5.65 Å². The number of thiazole rings is 1. The molecule has 0 saturated heterocycles. The Morgan fingerprint density at radius 1 is 1.50 bits per heavy atom. The molecule has 146 valence electrons. The topological polar surface area (TPSA) is 135 Å². The van der Waals surface area contributed by atoms with Gasteiger partial charge in [0.25, 0.3) is 5.91 Å². The Morgan fingerprint density at radius 2 is 2.29 bits per heavy atom. The second kappa shape index (κ2) is 8.36. The highest BCUT2D eigenvalue weighted by Crippen LogP contribution is 2.30. The highest BCUT2D eigenvalue weighted by molar-refractivity contribution is 7.19. The minimum atomic E-state index is -0.390. The third-order valence-corrected chi connectivity index (χ3v) is 5.46. The van der Waals surface area contributed by atoms with E-state index in [-0.39, 0.29) is 17.3 Å². The molecule has 0 fully saturated rings. The van der Waals surface area contributed by atoms with Crippen LogP contribution in [0.3, 0.4) is 0 Å². The summed E-state index contributed by atoms with van der Waals surface area (Å²) in [7, 11) is 3.41. The van der Waals surface area contributed by atoms with Crippen molar-refractivity contribution in [3.05, 3.63) is 45.5 Å². The van der Waals surface area contributed by atoms with Crippen molar-refractivity contribution in [3.63, 3.8) is 0 Å². The number of nitrogens with one attached hydrogen (secondary N) is 5. The fraction of sp³-hybridized carbons (Fsp3) is 0.235. The molecule has 0 saturated carbocycles. The normalized spacial score (nSPS) is 11.6. The van der Waals surface area contributed by atoms with Crippen LogP contribution in [0.5, 0.6) is 0 Å². The van der Waals surface area contributed by atoms with Crippen LogP contribution in [0.1, 0.15) is 26.8 Å². The van der Waals surface area contributed by atoms with Crippen LogP contribution in [0.15, 0.2) is 23.5 Å². The summed E-state index contributed by atoms with van der Waals surface area (Å²) < 4.78 is 2.45. The number of carbonyl (C=O) groups excluding carboxylic acids is 1. The fourth-order valence-electron chi connectivity index (χ4n) is 2.73. The molecule has 0 atom stereocenters. The van der Waals surface area contributed by atoms with Crippen molar-refractivity contribution < 1.29 is 4.79 Å². The van der Waals surface area contributed by atoms with Crippen LogP contribution < -0.4 is 10.6 Å². The van der Waals surface area contributed by atoms with Crippen molar-refractivity contribution in [2.75, 3.05) is 13.6 Å². The van der Waals surface area contributed by atoms with E-state index in [2.05, 4.69) is 25.8 Å². The zero-order valence-corrected chi connectivity index (χ0v) is 16.8. The number of hydrogen-bond acceptors (Lipinski definition) is 7. The number of H-pyrrole nitrogens is 1. The Morgan fingerprint density at radius 3 is 2.93 bits per heavy atom. The Labute approximate surface area is 169 Å². The molecule has 11 heteroatoms. The standard InChI is InChI=1S/C17H19ClN8OS/c1-21-7-11(18)12(20)8-22-17(27)14-10(6-19)15-16(26(14)2)24-13(28-15)5-9-3-4-23-25-9/h3-4,6-7,19-21H,5,8H2,1-2H3,(H,22,27)(H,23,25)/b11-7+,19-6?,20-12?. The number of halogens is 1. The molecule has 5 N–H and O–H groups in total. The van der Waals surface area contributed by atoms with E-state index in [9.17, 15) is 4.79 Å². The smallest absolute Gasteiger partial charge is 0.269 e. The maximum atomic E-state index is 12.7. The van der Waals surface area contributed by atoms with E-state index in [1.165, 1.54) is 17.5 Å². The number of aromatic nitrogens is 4. The van der Waals surface area contributed by atoms with Crippen LogP contribution >= 0.6 is 22.9 Å². The first-order chi connectivity index (χ1) is 13.5. The van der Waals surface area contributed by atoms with Gasteiger partial charge in [-0.25, -0.2) is 4.98 Å². The van der Waals surface area contributed by atoms with Gasteiger partial charge in [-0.2, -0.15) is 5.10 Å². The van der Waals surface area contributed by atoms with E-state index in [1.54, 1.807) is 24.9 Å². The van der Waals surface area contributed by atoms with Gasteiger partial charge in [0, 0.05) is 44.7 Å². The first-order valence-electron chi connectivity index (χ1n) is 8.32. The largest absolute Gasteiger partial charge is 0.393 e. The van der Waals surface area contributed by atoms with Crippen LogP contribution in [0.25, 0.3) is 10.3 Å². The second-order valence-corrected chi connectivity index (χ2v) is 7.40. The van der Waals surface area contributed by atoms with Crippen molar-refractivity contribution in [1.29, 1.82) is 10.8 Å². The van der Waals surface area contributed by atoms with Gasteiger partial charge < -0.3 is 26.0 Å². The van der Waals surface area contributed by atoms with Gasteiger partial charge in [-0.1, -0.05) is 11.6 Å². The summed E-state index contributed by atoms with van der Waals surface area (Å²) in [6, 6.07) is 1.88. The van der Waals surface area contributed by atoms with Crippen LogP contribution in [0.4, 0.5) is 0 Å². The minimum absolute atomic E-state index is 0.0239. The van der Waals surface area contributed by atoms with Crippen molar-refractivity contribution in [2.24, 2.45) is 7.05 Å². The predicted molar refractivity (Wildman–Crippen MR) is 111 cm³/mol. The maximum Gasteiger partial charge on any atom is 0.269 e. The monoisotopic (exact) mass is 418 g/mol. The molecule has 28 heavy (non-hydrogen) atoms. The lowest BCUT2D eigenvalue weighted by atomic mass is 10.2. The third-order valence-electron chi connectivity index (χ3n) is 4.04. The molecule has 0 aromatic carbocycles. The van der Waals surface area contributed by atoms with E-state index < -0.39 is 5.91 Å². The van der Waals surface area contributed by atoms with Crippen molar-refractivity contribution in [3.8, 4) is 0 Å². The zero-order chi connectivity index (χ0) is 20.3. The van der Waals surface area contributed by atoms with Crippen LogP contribution in [0.2, 0.25) is 0 Å². The van der Waals surface area contributed by atoms with Crippen LogP contribution in [-0.2, 0) is 13.5 Å². The number of aromatic amines is 1. The molecule has 3 rings (SSSR count). The Balaban J connectivity index is 1.84. The molecule has 3 aromatic heterocycles. The zero-order valence-electron chi connectivity index (χ0n) is 15.3. The number of aryl methyl sites for hydroxylation is 1. The van der Waals surface area contributed by atoms with Gasteiger partial charge >= 0.3 is 0 Å². The average Bonchev–Trinajstić information content (AvgIpc) is 3.38. The molecule has 3 aromatic rings. The SMILES string of the molecule is CN/C=C(/Cl)C(=N)CNC(=O)c1c(C=N)c2sc(Cc3cc[nH]n3)nc2n1C. The van der Waals surface area contributed by atoms with E-state index in [4.69, 9.17) is 22.4 Å². The predicted octanol–water partition coefficient (Wildman–Crippen LogP) is 2.00. The maximum absolute atomic E-state index is 12.7. The van der Waals surface area contributed by atoms with Crippen molar-refractivity contribution >= 4 is 51.1 Å². The quantitative estimate of drug-likeness (QED) is 0.357. The van der Waals surface area contributed by atoms with Gasteiger partial charge in [0.1, 0.15) is 10.7 Å². The molecular formula is C17H19ClN8OS. The summed E-state index contributed by atoms with van der Waals surface area (Å²) in [6.45, 7) is -0.0239. The number of amides is 1. The molecule has 0 aliphatic carbocycles. The third kappa shape index (κ3) is 3.82. The molecule has 0 bridgehead atoms. The van der Waals surface area contributed by atoms with Crippen LogP contribution in [0, 0.1) is 10.8 Å². The molecule has 3 heterocycles. The van der Waals surface area contributed by atoms with E-state index in [0.29, 0.717) is 23.3 Å². The summed E-state index contributed by atoms with van der Waals surface area (Å²) in [6.07, 6.45) is 4.97. The van der Waals surface area contributed by atoms with Crippen molar-refractivity contribution in [2.45, 2.75) is 6.42 Å². The lowest BCUT2D eigenvalue weighted by Crippen LogP contribution is -2.31. The van der Waals surface area contributed by atoms with Crippen LogP contribution in [-0.4, -0.2) is 51.2 Å². The number of fused-ring (bicyclic) bond motifs is 1. The second-order valence-electron chi connectivity index (χ2n) is 5.91. The number of carbonyl (C=O) groups is 1. The Bertz CT molecular complexity index is 1060. The molecule has 1 amide bonds.